The smallest absolute Gasteiger partial charge is 0.271 e. The van der Waals surface area contributed by atoms with Crippen LogP contribution in [0, 0.1) is 0 Å². The first-order valence-corrected chi connectivity index (χ1v) is 6.69. The SMILES string of the molecule is CC(=O)Nc1ccc(C(=O)N/N=C/c2ccc(O)cc2O)cc1. The molecule has 0 saturated carbocycles. The number of phenols is 2. The molecule has 0 aliphatic carbocycles. The molecule has 0 spiro atoms. The molecule has 4 N–H and O–H groups in total. The van der Waals surface area contributed by atoms with E-state index in [0.717, 1.165) is 0 Å². The highest BCUT2D eigenvalue weighted by Gasteiger charge is 2.05. The molecule has 0 saturated heterocycles. The number of anilines is 1. The summed E-state index contributed by atoms with van der Waals surface area (Å²) in [5.41, 5.74) is 3.63. The average molecular weight is 313 g/mol. The summed E-state index contributed by atoms with van der Waals surface area (Å²) in [5.74, 6) is -0.847. The number of carbonyl (C=O) groups is 2. The van der Waals surface area contributed by atoms with E-state index >= 15 is 0 Å². The summed E-state index contributed by atoms with van der Waals surface area (Å²) in [7, 11) is 0. The molecule has 0 aliphatic rings. The van der Waals surface area contributed by atoms with Crippen LogP contribution in [-0.2, 0) is 4.79 Å². The van der Waals surface area contributed by atoms with Gasteiger partial charge in [0.25, 0.3) is 5.91 Å². The van der Waals surface area contributed by atoms with Gasteiger partial charge in [0.1, 0.15) is 11.5 Å². The van der Waals surface area contributed by atoms with Crippen LogP contribution in [0.4, 0.5) is 5.69 Å². The van der Waals surface area contributed by atoms with Crippen LogP contribution in [0.5, 0.6) is 11.5 Å². The Labute approximate surface area is 132 Å². The lowest BCUT2D eigenvalue weighted by molar-refractivity contribution is -0.114. The van der Waals surface area contributed by atoms with Gasteiger partial charge < -0.3 is 15.5 Å². The number of carbonyl (C=O) groups excluding carboxylic acids is 2. The molecule has 0 heterocycles. The van der Waals surface area contributed by atoms with Crippen LogP contribution < -0.4 is 10.7 Å². The molecule has 2 amide bonds. The molecule has 0 bridgehead atoms. The second-order valence-corrected chi connectivity index (χ2v) is 4.70. The van der Waals surface area contributed by atoms with E-state index in [-0.39, 0.29) is 17.4 Å². The molecular weight excluding hydrogens is 298 g/mol. The predicted octanol–water partition coefficient (Wildman–Crippen LogP) is 1.82. The van der Waals surface area contributed by atoms with Crippen LogP contribution in [-0.4, -0.2) is 28.2 Å². The molecule has 0 aromatic heterocycles. The molecule has 7 nitrogen and oxygen atoms in total. The van der Waals surface area contributed by atoms with Gasteiger partial charge in [-0.3, -0.25) is 9.59 Å². The Bertz CT molecular complexity index is 754. The van der Waals surface area contributed by atoms with Gasteiger partial charge in [0, 0.05) is 29.8 Å². The zero-order valence-electron chi connectivity index (χ0n) is 12.3. The Kier molecular flexibility index (Phi) is 4.93. The summed E-state index contributed by atoms with van der Waals surface area (Å²) in [4.78, 5) is 22.8. The van der Waals surface area contributed by atoms with Crippen molar-refractivity contribution in [1.29, 1.82) is 0 Å². The monoisotopic (exact) mass is 313 g/mol. The van der Waals surface area contributed by atoms with E-state index in [1.54, 1.807) is 24.3 Å². The zero-order chi connectivity index (χ0) is 16.8. The summed E-state index contributed by atoms with van der Waals surface area (Å²) < 4.78 is 0. The van der Waals surface area contributed by atoms with Gasteiger partial charge in [0.15, 0.2) is 0 Å². The summed E-state index contributed by atoms with van der Waals surface area (Å²) in [5, 5.41) is 25.1. The van der Waals surface area contributed by atoms with Gasteiger partial charge in [-0.1, -0.05) is 0 Å². The van der Waals surface area contributed by atoms with Crippen molar-refractivity contribution in [1.82, 2.24) is 5.43 Å². The van der Waals surface area contributed by atoms with Gasteiger partial charge in [-0.25, -0.2) is 5.43 Å². The summed E-state index contributed by atoms with van der Waals surface area (Å²) in [6.07, 6.45) is 1.26. The van der Waals surface area contributed by atoms with E-state index in [1.165, 1.54) is 31.3 Å². The summed E-state index contributed by atoms with van der Waals surface area (Å²) in [6.45, 7) is 1.40. The number of hydrogen-bond acceptors (Lipinski definition) is 5. The Morgan fingerprint density at radius 3 is 2.39 bits per heavy atom. The van der Waals surface area contributed by atoms with Crippen molar-refractivity contribution in [2.45, 2.75) is 6.92 Å². The molecule has 2 aromatic rings. The third-order valence-electron chi connectivity index (χ3n) is 2.85. The second kappa shape index (κ2) is 7.08. The first kappa shape index (κ1) is 16.0. The van der Waals surface area contributed by atoms with Crippen molar-refractivity contribution in [3.63, 3.8) is 0 Å². The molecule has 118 valence electrons. The first-order valence-electron chi connectivity index (χ1n) is 6.69. The highest BCUT2D eigenvalue weighted by Crippen LogP contribution is 2.20. The quantitative estimate of drug-likeness (QED) is 0.509. The third-order valence-corrected chi connectivity index (χ3v) is 2.85. The molecule has 2 rings (SSSR count). The summed E-state index contributed by atoms with van der Waals surface area (Å²) >= 11 is 0. The first-order chi connectivity index (χ1) is 11.0. The van der Waals surface area contributed by atoms with Crippen LogP contribution in [0.1, 0.15) is 22.8 Å². The molecule has 2 aromatic carbocycles. The minimum absolute atomic E-state index is 0.0667. The molecule has 0 unspecified atom stereocenters. The molecule has 0 fully saturated rings. The van der Waals surface area contributed by atoms with Gasteiger partial charge in [-0.05, 0) is 36.4 Å². The van der Waals surface area contributed by atoms with E-state index in [1.807, 2.05) is 0 Å². The number of nitrogens with one attached hydrogen (secondary N) is 2. The number of hydrogen-bond donors (Lipinski definition) is 4. The molecule has 0 radical (unpaired) electrons. The second-order valence-electron chi connectivity index (χ2n) is 4.70. The molecule has 23 heavy (non-hydrogen) atoms. The van der Waals surface area contributed by atoms with Gasteiger partial charge in [-0.2, -0.15) is 5.10 Å². The lowest BCUT2D eigenvalue weighted by Gasteiger charge is -2.04. The maximum absolute atomic E-state index is 11.9. The fourth-order valence-corrected chi connectivity index (χ4v) is 1.77. The molecule has 7 heteroatoms. The molecule has 0 aliphatic heterocycles. The standard InChI is InChI=1S/C16H15N3O4/c1-10(20)18-13-5-2-11(3-6-13)16(23)19-17-9-12-4-7-14(21)8-15(12)22/h2-9,21-22H,1H3,(H,18,20)(H,19,23)/b17-9+. The fraction of sp³-hybridized carbons (Fsp3) is 0.0625. The minimum atomic E-state index is -0.436. The lowest BCUT2D eigenvalue weighted by atomic mass is 10.2. The topological polar surface area (TPSA) is 111 Å². The Morgan fingerprint density at radius 2 is 1.78 bits per heavy atom. The van der Waals surface area contributed by atoms with Gasteiger partial charge >= 0.3 is 0 Å². The van der Waals surface area contributed by atoms with Gasteiger partial charge in [0.2, 0.25) is 5.91 Å². The van der Waals surface area contributed by atoms with E-state index in [2.05, 4.69) is 15.8 Å². The van der Waals surface area contributed by atoms with Crippen LogP contribution in [0.3, 0.4) is 0 Å². The van der Waals surface area contributed by atoms with Gasteiger partial charge in [0.05, 0.1) is 6.21 Å². The van der Waals surface area contributed by atoms with E-state index in [4.69, 9.17) is 0 Å². The predicted molar refractivity (Wildman–Crippen MR) is 85.6 cm³/mol. The van der Waals surface area contributed by atoms with Crippen molar-refractivity contribution in [2.75, 3.05) is 5.32 Å². The number of hydrazone groups is 1. The van der Waals surface area contributed by atoms with Crippen molar-refractivity contribution in [3.05, 3.63) is 53.6 Å². The van der Waals surface area contributed by atoms with Crippen molar-refractivity contribution >= 4 is 23.7 Å². The Hall–Kier alpha value is -3.35. The van der Waals surface area contributed by atoms with Crippen molar-refractivity contribution in [2.24, 2.45) is 5.10 Å². The van der Waals surface area contributed by atoms with Gasteiger partial charge in [-0.15, -0.1) is 0 Å². The normalized spacial score (nSPS) is 10.5. The van der Waals surface area contributed by atoms with Crippen molar-refractivity contribution in [3.8, 4) is 11.5 Å². The number of aromatic hydroxyl groups is 2. The maximum atomic E-state index is 11.9. The number of rotatable bonds is 4. The lowest BCUT2D eigenvalue weighted by Crippen LogP contribution is -2.17. The Morgan fingerprint density at radius 1 is 1.09 bits per heavy atom. The fourth-order valence-electron chi connectivity index (χ4n) is 1.77. The van der Waals surface area contributed by atoms with E-state index in [0.29, 0.717) is 16.8 Å². The number of amides is 2. The molecule has 0 atom stereocenters. The van der Waals surface area contributed by atoms with Crippen molar-refractivity contribution < 1.29 is 19.8 Å². The minimum Gasteiger partial charge on any atom is -0.508 e. The van der Waals surface area contributed by atoms with E-state index < -0.39 is 5.91 Å². The number of benzene rings is 2. The van der Waals surface area contributed by atoms with E-state index in [9.17, 15) is 19.8 Å². The van der Waals surface area contributed by atoms with Crippen LogP contribution >= 0.6 is 0 Å². The zero-order valence-corrected chi connectivity index (χ0v) is 12.3. The summed E-state index contributed by atoms with van der Waals surface area (Å²) in [6, 6.07) is 10.3. The largest absolute Gasteiger partial charge is 0.508 e. The van der Waals surface area contributed by atoms with Crippen LogP contribution in [0.15, 0.2) is 47.6 Å². The number of nitrogens with zero attached hydrogens (tertiary/aromatic N) is 1. The number of phenolic OH excluding ortho intramolecular Hbond substituents is 2. The third kappa shape index (κ3) is 4.57. The average Bonchev–Trinajstić information content (AvgIpc) is 2.49. The highest BCUT2D eigenvalue weighted by atomic mass is 16.3. The molecular formula is C16H15N3O4. The highest BCUT2D eigenvalue weighted by molar-refractivity contribution is 5.96. The maximum Gasteiger partial charge on any atom is 0.271 e. The Balaban J connectivity index is 1.98. The van der Waals surface area contributed by atoms with Crippen LogP contribution in [0.25, 0.3) is 0 Å². The van der Waals surface area contributed by atoms with Crippen LogP contribution in [0.2, 0.25) is 0 Å².